The maximum absolute atomic E-state index is 12.9. The summed E-state index contributed by atoms with van der Waals surface area (Å²) in [6.07, 6.45) is 10.3. The zero-order valence-corrected chi connectivity index (χ0v) is 20.1. The molecule has 0 atom stereocenters. The van der Waals surface area contributed by atoms with Crippen LogP contribution in [-0.2, 0) is 11.8 Å². The first-order valence-corrected chi connectivity index (χ1v) is 12.7. The second kappa shape index (κ2) is 8.87. The first-order valence-electron chi connectivity index (χ1n) is 12.7. The fraction of sp³-hybridized carbons (Fsp3) is 0.393. The van der Waals surface area contributed by atoms with Crippen molar-refractivity contribution in [3.8, 4) is 0 Å². The molecule has 0 bridgehead atoms. The molecule has 7 heteroatoms. The molecule has 1 aliphatic heterocycles. The lowest BCUT2D eigenvalue weighted by Crippen LogP contribution is -2.40. The summed E-state index contributed by atoms with van der Waals surface area (Å²) < 4.78 is 1.94. The monoisotopic (exact) mass is 469 g/mol. The number of piperidine rings is 1. The molecule has 0 spiro atoms. The Kier molecular flexibility index (Phi) is 5.55. The van der Waals surface area contributed by atoms with Crippen molar-refractivity contribution in [2.45, 2.75) is 44.4 Å². The van der Waals surface area contributed by atoms with Crippen molar-refractivity contribution in [1.29, 1.82) is 0 Å². The van der Waals surface area contributed by atoms with Crippen molar-refractivity contribution in [3.63, 3.8) is 0 Å². The zero-order chi connectivity index (χ0) is 23.9. The molecule has 2 N–H and O–H groups in total. The van der Waals surface area contributed by atoms with E-state index in [-0.39, 0.29) is 11.8 Å². The van der Waals surface area contributed by atoms with Crippen molar-refractivity contribution in [2.24, 2.45) is 13.0 Å². The summed E-state index contributed by atoms with van der Waals surface area (Å²) in [6, 6.07) is 11.6. The number of nitrogens with zero attached hydrogens (tertiary/aromatic N) is 3. The summed E-state index contributed by atoms with van der Waals surface area (Å²) in [5.41, 5.74) is 5.51. The summed E-state index contributed by atoms with van der Waals surface area (Å²) in [6.45, 7) is 1.66. The van der Waals surface area contributed by atoms with Gasteiger partial charge in [-0.3, -0.25) is 9.59 Å². The van der Waals surface area contributed by atoms with Crippen LogP contribution in [0.4, 0.5) is 5.69 Å². The Morgan fingerprint density at radius 3 is 2.63 bits per heavy atom. The number of fused-ring (bicyclic) bond motifs is 2. The SMILES string of the molecule is Cn1cnc2cc(C(=O)Nc3ccc4[nH]cc(C5CCN(C(=O)C6CCCC6)CC5)c4c3)ccc21. The number of amides is 2. The largest absolute Gasteiger partial charge is 0.361 e. The van der Waals surface area contributed by atoms with E-state index in [1.54, 1.807) is 6.33 Å². The van der Waals surface area contributed by atoms with Gasteiger partial charge in [-0.25, -0.2) is 4.98 Å². The van der Waals surface area contributed by atoms with Crippen LogP contribution in [0.5, 0.6) is 0 Å². The number of carbonyl (C=O) groups excluding carboxylic acids is 2. The van der Waals surface area contributed by atoms with E-state index >= 15 is 0 Å². The third-order valence-corrected chi connectivity index (χ3v) is 7.91. The van der Waals surface area contributed by atoms with Gasteiger partial charge in [0.05, 0.1) is 17.4 Å². The minimum atomic E-state index is -0.146. The Morgan fingerprint density at radius 1 is 1.03 bits per heavy atom. The topological polar surface area (TPSA) is 83.0 Å². The quantitative estimate of drug-likeness (QED) is 0.431. The van der Waals surface area contributed by atoms with Crippen LogP contribution in [0.2, 0.25) is 0 Å². The molecule has 2 fully saturated rings. The number of benzene rings is 2. The van der Waals surface area contributed by atoms with Gasteiger partial charge in [-0.15, -0.1) is 0 Å². The summed E-state index contributed by atoms with van der Waals surface area (Å²) in [4.78, 5) is 35.6. The normalized spacial score (nSPS) is 17.5. The van der Waals surface area contributed by atoms with Crippen LogP contribution in [-0.4, -0.2) is 44.3 Å². The van der Waals surface area contributed by atoms with Gasteiger partial charge in [0.1, 0.15) is 0 Å². The van der Waals surface area contributed by atoms with Crippen LogP contribution < -0.4 is 5.32 Å². The van der Waals surface area contributed by atoms with E-state index in [1.165, 1.54) is 18.4 Å². The number of H-pyrrole nitrogens is 1. The third kappa shape index (κ3) is 4.09. The van der Waals surface area contributed by atoms with E-state index in [9.17, 15) is 9.59 Å². The second-order valence-electron chi connectivity index (χ2n) is 10.1. The highest BCUT2D eigenvalue weighted by Gasteiger charge is 2.31. The lowest BCUT2D eigenvalue weighted by molar-refractivity contribution is -0.136. The summed E-state index contributed by atoms with van der Waals surface area (Å²) >= 11 is 0. The molecule has 7 nitrogen and oxygen atoms in total. The van der Waals surface area contributed by atoms with Crippen molar-refractivity contribution >= 4 is 39.4 Å². The van der Waals surface area contributed by atoms with E-state index in [4.69, 9.17) is 0 Å². The molecule has 6 rings (SSSR count). The van der Waals surface area contributed by atoms with E-state index in [0.29, 0.717) is 17.4 Å². The zero-order valence-electron chi connectivity index (χ0n) is 20.1. The fourth-order valence-corrected chi connectivity index (χ4v) is 5.88. The van der Waals surface area contributed by atoms with Gasteiger partial charge in [-0.05, 0) is 73.6 Å². The molecular formula is C28H31N5O2. The van der Waals surface area contributed by atoms with Crippen molar-refractivity contribution in [3.05, 3.63) is 60.0 Å². The first kappa shape index (κ1) is 21.9. The second-order valence-corrected chi connectivity index (χ2v) is 10.1. The molecule has 2 aliphatic rings. The van der Waals surface area contributed by atoms with Gasteiger partial charge < -0.3 is 19.8 Å². The van der Waals surface area contributed by atoms with Gasteiger partial charge in [0.25, 0.3) is 5.91 Å². The Morgan fingerprint density at radius 2 is 1.83 bits per heavy atom. The number of imidazole rings is 1. The Balaban J connectivity index is 1.17. The number of hydrogen-bond donors (Lipinski definition) is 2. The first-order chi connectivity index (χ1) is 17.1. The van der Waals surface area contributed by atoms with Crippen LogP contribution in [0.3, 0.4) is 0 Å². The van der Waals surface area contributed by atoms with Gasteiger partial charge in [0, 0.05) is 54.4 Å². The van der Waals surface area contributed by atoms with E-state index in [0.717, 1.165) is 66.4 Å². The number of nitrogens with one attached hydrogen (secondary N) is 2. The maximum Gasteiger partial charge on any atom is 0.255 e. The molecule has 1 saturated carbocycles. The lowest BCUT2D eigenvalue weighted by atomic mass is 9.88. The average Bonchev–Trinajstić information content (AvgIpc) is 3.64. The van der Waals surface area contributed by atoms with Gasteiger partial charge in [-0.2, -0.15) is 0 Å². The fourth-order valence-electron chi connectivity index (χ4n) is 5.88. The summed E-state index contributed by atoms with van der Waals surface area (Å²) in [7, 11) is 1.94. The number of hydrogen-bond acceptors (Lipinski definition) is 3. The number of anilines is 1. The van der Waals surface area contributed by atoms with Gasteiger partial charge in [0.2, 0.25) is 5.91 Å². The summed E-state index contributed by atoms with van der Waals surface area (Å²) in [5.74, 6) is 0.888. The third-order valence-electron chi connectivity index (χ3n) is 7.91. The maximum atomic E-state index is 12.9. The van der Waals surface area contributed by atoms with Crippen LogP contribution >= 0.6 is 0 Å². The minimum absolute atomic E-state index is 0.146. The van der Waals surface area contributed by atoms with Crippen molar-refractivity contribution < 1.29 is 9.59 Å². The van der Waals surface area contributed by atoms with Crippen LogP contribution in [0, 0.1) is 5.92 Å². The molecule has 2 amide bonds. The smallest absolute Gasteiger partial charge is 0.255 e. The number of aromatic amines is 1. The predicted molar refractivity (Wildman–Crippen MR) is 137 cm³/mol. The highest BCUT2D eigenvalue weighted by molar-refractivity contribution is 6.06. The van der Waals surface area contributed by atoms with Gasteiger partial charge in [-0.1, -0.05) is 12.8 Å². The molecule has 0 radical (unpaired) electrons. The number of aryl methyl sites for hydroxylation is 1. The van der Waals surface area contributed by atoms with Crippen molar-refractivity contribution in [1.82, 2.24) is 19.4 Å². The minimum Gasteiger partial charge on any atom is -0.361 e. The standard InChI is InChI=1S/C28H31N5O2/c1-32-17-30-25-14-20(6-9-26(25)32)27(34)31-21-7-8-24-22(15-21)23(16-29-24)18-10-12-33(13-11-18)28(35)19-4-2-3-5-19/h6-9,14-19,29H,2-5,10-13H2,1H3,(H,31,34). The molecule has 3 heterocycles. The number of likely N-dealkylation sites (tertiary alicyclic amines) is 1. The molecule has 4 aromatic rings. The number of aromatic nitrogens is 3. The highest BCUT2D eigenvalue weighted by Crippen LogP contribution is 2.36. The molecule has 1 saturated heterocycles. The Hall–Kier alpha value is -3.61. The molecule has 0 unspecified atom stereocenters. The van der Waals surface area contributed by atoms with E-state index in [1.807, 2.05) is 41.9 Å². The molecule has 180 valence electrons. The molecular weight excluding hydrogens is 438 g/mol. The molecule has 1 aliphatic carbocycles. The average molecular weight is 470 g/mol. The highest BCUT2D eigenvalue weighted by atomic mass is 16.2. The predicted octanol–water partition coefficient (Wildman–Crippen LogP) is 5.20. The van der Waals surface area contributed by atoms with Crippen LogP contribution in [0.25, 0.3) is 21.9 Å². The van der Waals surface area contributed by atoms with Crippen molar-refractivity contribution in [2.75, 3.05) is 18.4 Å². The Labute approximate surface area is 204 Å². The van der Waals surface area contributed by atoms with Crippen LogP contribution in [0.1, 0.15) is 60.4 Å². The van der Waals surface area contributed by atoms with E-state index < -0.39 is 0 Å². The molecule has 2 aromatic heterocycles. The summed E-state index contributed by atoms with van der Waals surface area (Å²) in [5, 5.41) is 4.20. The van der Waals surface area contributed by atoms with E-state index in [2.05, 4.69) is 32.4 Å². The van der Waals surface area contributed by atoms with Gasteiger partial charge in [0.15, 0.2) is 0 Å². The van der Waals surface area contributed by atoms with Crippen LogP contribution in [0.15, 0.2) is 48.9 Å². The molecule has 35 heavy (non-hydrogen) atoms. The molecule has 2 aromatic carbocycles. The number of rotatable bonds is 4. The van der Waals surface area contributed by atoms with Gasteiger partial charge >= 0.3 is 0 Å². The Bertz CT molecular complexity index is 1400. The number of carbonyl (C=O) groups is 2. The lowest BCUT2D eigenvalue weighted by Gasteiger charge is -2.33.